The van der Waals surface area contributed by atoms with Gasteiger partial charge in [0.15, 0.2) is 11.6 Å². The fraction of sp³-hybridized carbons (Fsp3) is 0.0339. The summed E-state index contributed by atoms with van der Waals surface area (Å²) in [5.74, 6) is 4.32. The molecule has 3 heterocycles. The van der Waals surface area contributed by atoms with E-state index in [0.717, 1.165) is 55.2 Å². The molecule has 0 N–H and O–H groups in total. The molecule has 0 saturated heterocycles. The van der Waals surface area contributed by atoms with Gasteiger partial charge in [-0.2, -0.15) is 9.97 Å². The largest absolute Gasteiger partial charge is 0.309 e. The van der Waals surface area contributed by atoms with Gasteiger partial charge in [0.25, 0.3) is 0 Å². The molecule has 5 nitrogen and oxygen atoms in total. The Bertz CT molecular complexity index is 3830. The number of hydrogen-bond acceptors (Lipinski definition) is 3. The fourth-order valence-electron chi connectivity index (χ4n) is 11.0. The molecule has 298 valence electrons. The van der Waals surface area contributed by atoms with Crippen LogP contribution in [-0.4, -0.2) is 24.1 Å². The Labute approximate surface area is 370 Å². The van der Waals surface area contributed by atoms with Gasteiger partial charge < -0.3 is 4.57 Å². The standard InChI is InChI=1S/C59H37N5/c1-3-5-20-37(4-2)56-60-57(44-28-19-32-50-55(44)43-27-11-16-31-49(43)59(50)47-29-14-9-23-39(47)40-24-10-15-30-48(40)59)62-58(61-56)64-52-34-18-13-26-42(52)46-35-45-41-25-12-17-33-51(41)63(53(45)36-54(46)64)38-21-7-6-8-22-38/h1,4-36H,2H3/b20-5-,37-4+. The molecule has 1 spiro atoms. The summed E-state index contributed by atoms with van der Waals surface area (Å²) in [6.45, 7) is 1.99. The zero-order chi connectivity index (χ0) is 42.5. The maximum Gasteiger partial charge on any atom is 0.238 e. The SMILES string of the molecule is C#C/C=C\C(=C/C)c1nc(-c2cccc3c2-c2ccccc2C32c3ccccc3-c3ccccc32)nc(-n2c3ccccc3c3cc4c5ccccc5n(-c5ccccc5)c4cc32)n1. The number of para-hydroxylation sites is 3. The summed E-state index contributed by atoms with van der Waals surface area (Å²) in [6, 6.07) is 65.8. The van der Waals surface area contributed by atoms with Crippen molar-refractivity contribution in [1.82, 2.24) is 24.1 Å². The van der Waals surface area contributed by atoms with Crippen LogP contribution in [0.2, 0.25) is 0 Å². The van der Waals surface area contributed by atoms with Crippen molar-refractivity contribution in [3.63, 3.8) is 0 Å². The van der Waals surface area contributed by atoms with Crippen LogP contribution in [0, 0.1) is 12.3 Å². The third-order valence-electron chi connectivity index (χ3n) is 13.5. The third-order valence-corrected chi connectivity index (χ3v) is 13.5. The minimum atomic E-state index is -0.507. The first-order valence-corrected chi connectivity index (χ1v) is 21.7. The number of hydrogen-bond donors (Lipinski definition) is 0. The fourth-order valence-corrected chi connectivity index (χ4v) is 11.0. The van der Waals surface area contributed by atoms with E-state index in [1.165, 1.54) is 49.7 Å². The van der Waals surface area contributed by atoms with Crippen LogP contribution in [0.25, 0.3) is 94.5 Å². The Balaban J connectivity index is 1.12. The molecule has 0 unspecified atom stereocenters. The summed E-state index contributed by atoms with van der Waals surface area (Å²) < 4.78 is 4.57. The predicted molar refractivity (Wildman–Crippen MR) is 262 cm³/mol. The number of benzene rings is 8. The van der Waals surface area contributed by atoms with E-state index in [4.69, 9.17) is 21.4 Å². The van der Waals surface area contributed by atoms with Crippen LogP contribution in [0.5, 0.6) is 0 Å². The van der Waals surface area contributed by atoms with E-state index in [9.17, 15) is 0 Å². The van der Waals surface area contributed by atoms with Gasteiger partial charge in [0.2, 0.25) is 5.95 Å². The van der Waals surface area contributed by atoms with Crippen molar-refractivity contribution in [2.45, 2.75) is 12.3 Å². The lowest BCUT2D eigenvalue weighted by atomic mass is 9.70. The molecule has 8 aromatic carbocycles. The zero-order valence-corrected chi connectivity index (χ0v) is 34.9. The topological polar surface area (TPSA) is 48.5 Å². The van der Waals surface area contributed by atoms with Crippen molar-refractivity contribution >= 4 is 49.2 Å². The maximum atomic E-state index is 5.80. The molecule has 0 atom stereocenters. The third kappa shape index (κ3) is 4.82. The molecule has 0 bridgehead atoms. The molecule has 64 heavy (non-hydrogen) atoms. The first-order valence-electron chi connectivity index (χ1n) is 21.7. The van der Waals surface area contributed by atoms with Crippen molar-refractivity contribution in [1.29, 1.82) is 0 Å². The normalized spacial score (nSPS) is 13.5. The molecule has 5 heteroatoms. The lowest BCUT2D eigenvalue weighted by Gasteiger charge is -2.30. The molecular weight excluding hydrogens is 779 g/mol. The minimum Gasteiger partial charge on any atom is -0.309 e. The van der Waals surface area contributed by atoms with Crippen molar-refractivity contribution < 1.29 is 0 Å². The van der Waals surface area contributed by atoms with Crippen molar-refractivity contribution in [3.8, 4) is 57.6 Å². The maximum absolute atomic E-state index is 5.80. The van der Waals surface area contributed by atoms with E-state index in [1.54, 1.807) is 6.08 Å². The second-order valence-corrected chi connectivity index (χ2v) is 16.6. The van der Waals surface area contributed by atoms with Gasteiger partial charge in [0.1, 0.15) is 0 Å². The Kier molecular flexibility index (Phi) is 7.73. The van der Waals surface area contributed by atoms with Gasteiger partial charge >= 0.3 is 0 Å². The van der Waals surface area contributed by atoms with Crippen LogP contribution >= 0.6 is 0 Å². The van der Waals surface area contributed by atoms with E-state index in [0.29, 0.717) is 17.6 Å². The van der Waals surface area contributed by atoms with E-state index >= 15 is 0 Å². The van der Waals surface area contributed by atoms with Crippen molar-refractivity contribution in [2.75, 3.05) is 0 Å². The average molecular weight is 816 g/mol. The zero-order valence-electron chi connectivity index (χ0n) is 34.9. The molecule has 0 amide bonds. The summed E-state index contributed by atoms with van der Waals surface area (Å²) in [5, 5.41) is 4.63. The molecule has 13 rings (SSSR count). The molecular formula is C59H37N5. The Morgan fingerprint density at radius 2 is 1.05 bits per heavy atom. The van der Waals surface area contributed by atoms with Gasteiger partial charge in [0.05, 0.1) is 27.5 Å². The van der Waals surface area contributed by atoms with E-state index < -0.39 is 5.41 Å². The van der Waals surface area contributed by atoms with Gasteiger partial charge in [-0.15, -0.1) is 6.42 Å². The van der Waals surface area contributed by atoms with Crippen LogP contribution in [0.1, 0.15) is 35.0 Å². The van der Waals surface area contributed by atoms with Crippen LogP contribution in [-0.2, 0) is 5.41 Å². The van der Waals surface area contributed by atoms with Crippen LogP contribution in [0.4, 0.5) is 0 Å². The smallest absolute Gasteiger partial charge is 0.238 e. The summed E-state index contributed by atoms with van der Waals surface area (Å²) in [5.41, 5.74) is 16.5. The number of rotatable bonds is 5. The van der Waals surface area contributed by atoms with Gasteiger partial charge in [-0.1, -0.05) is 158 Å². The van der Waals surface area contributed by atoms with Crippen LogP contribution in [0.3, 0.4) is 0 Å². The minimum absolute atomic E-state index is 0.507. The van der Waals surface area contributed by atoms with E-state index in [1.807, 2.05) is 19.1 Å². The van der Waals surface area contributed by atoms with Gasteiger partial charge in [-0.3, -0.25) is 4.57 Å². The summed E-state index contributed by atoms with van der Waals surface area (Å²) in [6.07, 6.45) is 11.4. The van der Waals surface area contributed by atoms with E-state index in [-0.39, 0.29) is 0 Å². The summed E-state index contributed by atoms with van der Waals surface area (Å²) in [7, 11) is 0. The second kappa shape index (κ2) is 13.7. The number of nitrogens with zero attached hydrogens (tertiary/aromatic N) is 5. The highest BCUT2D eigenvalue weighted by Gasteiger charge is 2.52. The molecule has 2 aliphatic carbocycles. The molecule has 0 aliphatic heterocycles. The molecule has 2 aliphatic rings. The molecule has 0 fully saturated rings. The number of allylic oxidation sites excluding steroid dienone is 4. The highest BCUT2D eigenvalue weighted by molar-refractivity contribution is 6.19. The second-order valence-electron chi connectivity index (χ2n) is 16.6. The molecule has 3 aromatic heterocycles. The van der Waals surface area contributed by atoms with Crippen LogP contribution in [0.15, 0.2) is 200 Å². The van der Waals surface area contributed by atoms with E-state index in [2.05, 4.69) is 197 Å². The summed E-state index contributed by atoms with van der Waals surface area (Å²) >= 11 is 0. The highest BCUT2D eigenvalue weighted by atomic mass is 15.2. The van der Waals surface area contributed by atoms with Gasteiger partial charge in [-0.25, -0.2) is 4.98 Å². The summed E-state index contributed by atoms with van der Waals surface area (Å²) in [4.78, 5) is 16.2. The van der Waals surface area contributed by atoms with Crippen molar-refractivity contribution in [3.05, 3.63) is 228 Å². The van der Waals surface area contributed by atoms with Crippen molar-refractivity contribution in [2.24, 2.45) is 0 Å². The monoisotopic (exact) mass is 815 g/mol. The number of aromatic nitrogens is 5. The highest BCUT2D eigenvalue weighted by Crippen LogP contribution is 2.63. The predicted octanol–water partition coefficient (Wildman–Crippen LogP) is 13.7. The first-order chi connectivity index (χ1) is 31.7. The van der Waals surface area contributed by atoms with Gasteiger partial charge in [-0.05, 0) is 100.0 Å². The first kappa shape index (κ1) is 36.1. The Morgan fingerprint density at radius 3 is 1.72 bits per heavy atom. The molecule has 0 saturated carbocycles. The molecule has 11 aromatic rings. The lowest BCUT2D eigenvalue weighted by molar-refractivity contribution is 0.794. The van der Waals surface area contributed by atoms with Crippen LogP contribution < -0.4 is 0 Å². The Morgan fingerprint density at radius 1 is 0.500 bits per heavy atom. The van der Waals surface area contributed by atoms with Gasteiger partial charge in [0, 0.05) is 38.4 Å². The Hall–Kier alpha value is -8.59. The average Bonchev–Trinajstić information content (AvgIpc) is 4.05. The lowest BCUT2D eigenvalue weighted by Crippen LogP contribution is -2.25. The quantitative estimate of drug-likeness (QED) is 0.128. The number of fused-ring (bicyclic) bond motifs is 16. The number of terminal acetylenes is 1. The molecule has 0 radical (unpaired) electrons.